The molecule has 1 saturated carbocycles. The number of carbonyl (C=O) groups is 1. The zero-order chi connectivity index (χ0) is 19.9. The van der Waals surface area contributed by atoms with Crippen LogP contribution in [0.3, 0.4) is 0 Å². The third kappa shape index (κ3) is 4.94. The quantitative estimate of drug-likeness (QED) is 0.646. The molecular weight excluding hydrogens is 351 g/mol. The number of allylic oxidation sites excluding steroid dienone is 4. The van der Waals surface area contributed by atoms with Crippen LogP contribution in [0.25, 0.3) is 10.9 Å². The van der Waals surface area contributed by atoms with Gasteiger partial charge in [-0.1, -0.05) is 24.8 Å². The Morgan fingerprint density at radius 2 is 2.07 bits per heavy atom. The van der Waals surface area contributed by atoms with E-state index in [1.807, 2.05) is 37.4 Å². The van der Waals surface area contributed by atoms with Crippen LogP contribution in [0.1, 0.15) is 50.5 Å². The number of rotatable bonds is 6. The zero-order valence-corrected chi connectivity index (χ0v) is 16.3. The van der Waals surface area contributed by atoms with Crippen molar-refractivity contribution >= 4 is 16.8 Å². The molecule has 1 N–H and O–H groups in total. The Hall–Kier alpha value is -2.75. The smallest absolute Gasteiger partial charge is 0.224 e. The first-order chi connectivity index (χ1) is 13.6. The van der Waals surface area contributed by atoms with Crippen LogP contribution in [-0.4, -0.2) is 10.9 Å². The molecule has 146 valence electrons. The Morgan fingerprint density at radius 3 is 2.79 bits per heavy atom. The van der Waals surface area contributed by atoms with Crippen molar-refractivity contribution in [2.45, 2.75) is 44.9 Å². The molecule has 1 aliphatic rings. The third-order valence-electron chi connectivity index (χ3n) is 5.50. The number of nitrogens with one attached hydrogen (secondary N) is 1. The lowest BCUT2D eigenvalue weighted by Crippen LogP contribution is -2.26. The van der Waals surface area contributed by atoms with Gasteiger partial charge in [0.2, 0.25) is 5.91 Å². The van der Waals surface area contributed by atoms with E-state index in [9.17, 15) is 9.18 Å². The van der Waals surface area contributed by atoms with E-state index in [2.05, 4.69) is 16.9 Å². The Kier molecular flexibility index (Phi) is 6.75. The molecule has 4 heteroatoms. The third-order valence-corrected chi connectivity index (χ3v) is 5.50. The first-order valence-electron chi connectivity index (χ1n) is 9.90. The number of amides is 1. The summed E-state index contributed by atoms with van der Waals surface area (Å²) in [6.45, 7) is 5.54. The fourth-order valence-electron chi connectivity index (χ4n) is 4.03. The van der Waals surface area contributed by atoms with E-state index < -0.39 is 0 Å². The van der Waals surface area contributed by atoms with Crippen LogP contribution in [0.2, 0.25) is 0 Å². The lowest BCUT2D eigenvalue weighted by Gasteiger charge is -2.29. The average molecular weight is 378 g/mol. The highest BCUT2D eigenvalue weighted by Gasteiger charge is 2.25. The summed E-state index contributed by atoms with van der Waals surface area (Å²) in [6, 6.07) is 6.80. The van der Waals surface area contributed by atoms with Crippen LogP contribution < -0.4 is 5.32 Å². The highest BCUT2D eigenvalue weighted by molar-refractivity contribution is 5.82. The van der Waals surface area contributed by atoms with E-state index in [4.69, 9.17) is 0 Å². The topological polar surface area (TPSA) is 42.0 Å². The molecule has 2 aromatic rings. The normalized spacial score (nSPS) is 20.4. The van der Waals surface area contributed by atoms with Crippen molar-refractivity contribution in [1.29, 1.82) is 0 Å². The molecule has 1 aromatic carbocycles. The predicted octanol–water partition coefficient (Wildman–Crippen LogP) is 5.80. The number of halogens is 1. The minimum atomic E-state index is -0.225. The summed E-state index contributed by atoms with van der Waals surface area (Å²) in [5, 5.41) is 3.87. The van der Waals surface area contributed by atoms with E-state index in [1.54, 1.807) is 18.2 Å². The van der Waals surface area contributed by atoms with E-state index in [1.165, 1.54) is 11.6 Å². The van der Waals surface area contributed by atoms with Crippen LogP contribution in [0, 0.1) is 11.7 Å². The summed E-state index contributed by atoms with van der Waals surface area (Å²) in [7, 11) is 0. The highest BCUT2D eigenvalue weighted by Crippen LogP contribution is 2.39. The molecular formula is C24H27FN2O. The molecule has 1 amide bonds. The predicted molar refractivity (Wildman–Crippen MR) is 112 cm³/mol. The molecule has 1 aromatic heterocycles. The minimum Gasteiger partial charge on any atom is -0.326 e. The highest BCUT2D eigenvalue weighted by atomic mass is 19.1. The van der Waals surface area contributed by atoms with Gasteiger partial charge in [-0.2, -0.15) is 0 Å². The number of hydrogen-bond acceptors (Lipinski definition) is 2. The fourth-order valence-corrected chi connectivity index (χ4v) is 4.03. The Morgan fingerprint density at radius 1 is 1.29 bits per heavy atom. The van der Waals surface area contributed by atoms with Gasteiger partial charge in [0, 0.05) is 23.7 Å². The summed E-state index contributed by atoms with van der Waals surface area (Å²) in [6.07, 6.45) is 13.6. The fraction of sp³-hybridized carbons (Fsp3) is 0.333. The van der Waals surface area contributed by atoms with Gasteiger partial charge in [0.05, 0.1) is 5.52 Å². The number of benzene rings is 1. The second-order valence-electron chi connectivity index (χ2n) is 7.37. The second kappa shape index (κ2) is 9.45. The standard InChI is InChI=1S/C24H27FN2O/c1-3-5-6-20(4-2)27-24(28)15-17-7-9-18(10-8-17)21-13-14-26-23-12-11-19(25)16-22(21)23/h3-6,11-14,16-18H,1,7-10,15H2,2H3,(H,27,28)/b6-5-,20-4+. The van der Waals surface area contributed by atoms with Crippen molar-refractivity contribution in [3.05, 3.63) is 78.4 Å². The van der Waals surface area contributed by atoms with Gasteiger partial charge in [-0.3, -0.25) is 9.78 Å². The molecule has 1 heterocycles. The maximum atomic E-state index is 13.7. The molecule has 0 bridgehead atoms. The Labute approximate surface area is 166 Å². The largest absolute Gasteiger partial charge is 0.326 e. The van der Waals surface area contributed by atoms with Gasteiger partial charge in [-0.05, 0) is 80.3 Å². The number of carbonyl (C=O) groups excluding carboxylic acids is 1. The number of nitrogens with zero attached hydrogens (tertiary/aromatic N) is 1. The molecule has 0 aliphatic heterocycles. The van der Waals surface area contributed by atoms with Crippen molar-refractivity contribution in [3.63, 3.8) is 0 Å². The molecule has 0 spiro atoms. The van der Waals surface area contributed by atoms with Gasteiger partial charge in [-0.25, -0.2) is 4.39 Å². The summed E-state index contributed by atoms with van der Waals surface area (Å²) >= 11 is 0. The van der Waals surface area contributed by atoms with E-state index in [0.717, 1.165) is 42.3 Å². The van der Waals surface area contributed by atoms with Gasteiger partial charge >= 0.3 is 0 Å². The van der Waals surface area contributed by atoms with Crippen LogP contribution in [0.5, 0.6) is 0 Å². The van der Waals surface area contributed by atoms with Crippen molar-refractivity contribution in [1.82, 2.24) is 10.3 Å². The van der Waals surface area contributed by atoms with Crippen molar-refractivity contribution in [2.75, 3.05) is 0 Å². The number of fused-ring (bicyclic) bond motifs is 1. The van der Waals surface area contributed by atoms with E-state index in [-0.39, 0.29) is 11.7 Å². The van der Waals surface area contributed by atoms with Gasteiger partial charge < -0.3 is 5.32 Å². The Bertz CT molecular complexity index is 908. The number of hydrogen-bond donors (Lipinski definition) is 1. The van der Waals surface area contributed by atoms with E-state index in [0.29, 0.717) is 18.3 Å². The van der Waals surface area contributed by atoms with Crippen molar-refractivity contribution in [2.24, 2.45) is 5.92 Å². The van der Waals surface area contributed by atoms with Gasteiger partial charge in [-0.15, -0.1) is 0 Å². The molecule has 0 unspecified atom stereocenters. The van der Waals surface area contributed by atoms with Gasteiger partial charge in [0.15, 0.2) is 0 Å². The molecule has 1 fully saturated rings. The van der Waals surface area contributed by atoms with E-state index >= 15 is 0 Å². The zero-order valence-electron chi connectivity index (χ0n) is 16.3. The molecule has 0 atom stereocenters. The first kappa shape index (κ1) is 20.0. The number of aromatic nitrogens is 1. The molecule has 0 radical (unpaired) electrons. The van der Waals surface area contributed by atoms with Crippen LogP contribution >= 0.6 is 0 Å². The van der Waals surface area contributed by atoms with Gasteiger partial charge in [0.1, 0.15) is 5.82 Å². The second-order valence-corrected chi connectivity index (χ2v) is 7.37. The Balaban J connectivity index is 1.59. The van der Waals surface area contributed by atoms with Crippen LogP contribution in [0.4, 0.5) is 4.39 Å². The number of pyridine rings is 1. The summed E-state index contributed by atoms with van der Waals surface area (Å²) in [5.74, 6) is 0.620. The lowest BCUT2D eigenvalue weighted by atomic mass is 9.77. The average Bonchev–Trinajstić information content (AvgIpc) is 2.71. The maximum Gasteiger partial charge on any atom is 0.224 e. The molecule has 3 rings (SSSR count). The first-order valence-corrected chi connectivity index (χ1v) is 9.90. The van der Waals surface area contributed by atoms with Crippen LogP contribution in [-0.2, 0) is 4.79 Å². The lowest BCUT2D eigenvalue weighted by molar-refractivity contribution is -0.121. The summed E-state index contributed by atoms with van der Waals surface area (Å²) in [5.41, 5.74) is 2.81. The molecule has 3 nitrogen and oxygen atoms in total. The van der Waals surface area contributed by atoms with Crippen molar-refractivity contribution in [3.8, 4) is 0 Å². The molecule has 28 heavy (non-hydrogen) atoms. The molecule has 0 saturated heterocycles. The van der Waals surface area contributed by atoms with Crippen molar-refractivity contribution < 1.29 is 9.18 Å². The van der Waals surface area contributed by atoms with Gasteiger partial charge in [0.25, 0.3) is 0 Å². The van der Waals surface area contributed by atoms with Crippen LogP contribution in [0.15, 0.2) is 67.0 Å². The SMILES string of the molecule is C=C/C=C\C(=C/C)NC(=O)CC1CCC(c2ccnc3ccc(F)cc23)CC1. The summed E-state index contributed by atoms with van der Waals surface area (Å²) < 4.78 is 13.7. The monoisotopic (exact) mass is 378 g/mol. The maximum absolute atomic E-state index is 13.7. The molecule has 1 aliphatic carbocycles. The summed E-state index contributed by atoms with van der Waals surface area (Å²) in [4.78, 5) is 16.7. The minimum absolute atomic E-state index is 0.0571.